The molecular formula is C11H8BrN3O. The predicted octanol–water partition coefficient (Wildman–Crippen LogP) is 2.82. The summed E-state index contributed by atoms with van der Waals surface area (Å²) in [4.78, 5) is 13.7. The van der Waals surface area contributed by atoms with Crippen molar-refractivity contribution >= 4 is 27.8 Å². The van der Waals surface area contributed by atoms with Gasteiger partial charge in [-0.25, -0.2) is 9.48 Å². The van der Waals surface area contributed by atoms with Crippen LogP contribution in [0.3, 0.4) is 0 Å². The number of halogens is 1. The number of aliphatic imine (C=N–C) groups is 1. The van der Waals surface area contributed by atoms with Crippen LogP contribution in [0.15, 0.2) is 39.8 Å². The Morgan fingerprint density at radius 1 is 1.44 bits per heavy atom. The molecule has 0 fully saturated rings. The smallest absolute Gasteiger partial charge is 0.242 e. The topological polar surface area (TPSA) is 47.2 Å². The third kappa shape index (κ3) is 2.10. The molecule has 80 valence electrons. The van der Waals surface area contributed by atoms with Gasteiger partial charge in [0.1, 0.15) is 0 Å². The minimum Gasteiger partial charge on any atom is -0.250 e. The van der Waals surface area contributed by atoms with Gasteiger partial charge < -0.3 is 0 Å². The van der Waals surface area contributed by atoms with E-state index in [4.69, 9.17) is 0 Å². The summed E-state index contributed by atoms with van der Waals surface area (Å²) >= 11 is 3.40. The van der Waals surface area contributed by atoms with E-state index < -0.39 is 0 Å². The van der Waals surface area contributed by atoms with E-state index in [-0.39, 0.29) is 0 Å². The summed E-state index contributed by atoms with van der Waals surface area (Å²) in [6, 6.07) is 9.51. The summed E-state index contributed by atoms with van der Waals surface area (Å²) in [6.07, 6.45) is 1.51. The summed E-state index contributed by atoms with van der Waals surface area (Å²) in [7, 11) is 1.73. The molecule has 0 bridgehead atoms. The van der Waals surface area contributed by atoms with Crippen molar-refractivity contribution in [1.29, 1.82) is 0 Å². The van der Waals surface area contributed by atoms with Crippen molar-refractivity contribution in [2.45, 2.75) is 0 Å². The molecule has 0 saturated heterocycles. The van der Waals surface area contributed by atoms with Crippen molar-refractivity contribution in [2.24, 2.45) is 12.0 Å². The van der Waals surface area contributed by atoms with E-state index in [0.717, 1.165) is 15.7 Å². The predicted molar refractivity (Wildman–Crippen MR) is 64.1 cm³/mol. The summed E-state index contributed by atoms with van der Waals surface area (Å²) in [6.45, 7) is 0. The molecule has 0 N–H and O–H groups in total. The fourth-order valence-corrected chi connectivity index (χ4v) is 1.80. The van der Waals surface area contributed by atoms with Crippen molar-refractivity contribution in [2.75, 3.05) is 0 Å². The van der Waals surface area contributed by atoms with Crippen LogP contribution in [0.2, 0.25) is 0 Å². The molecule has 2 aromatic rings. The van der Waals surface area contributed by atoms with Crippen LogP contribution in [0.1, 0.15) is 0 Å². The van der Waals surface area contributed by atoms with Crippen LogP contribution in [0, 0.1) is 0 Å². The largest absolute Gasteiger partial charge is 0.250 e. The van der Waals surface area contributed by atoms with Crippen molar-refractivity contribution in [3.63, 3.8) is 0 Å². The van der Waals surface area contributed by atoms with Crippen molar-refractivity contribution in [3.05, 3.63) is 34.8 Å². The first-order chi connectivity index (χ1) is 7.70. The Kier molecular flexibility index (Phi) is 2.99. The van der Waals surface area contributed by atoms with Gasteiger partial charge in [-0.1, -0.05) is 28.1 Å². The molecule has 4 nitrogen and oxygen atoms in total. The van der Waals surface area contributed by atoms with Crippen molar-refractivity contribution < 1.29 is 4.79 Å². The molecule has 5 heteroatoms. The molecule has 1 heterocycles. The fourth-order valence-electron chi connectivity index (χ4n) is 1.40. The first-order valence-electron chi connectivity index (χ1n) is 4.58. The van der Waals surface area contributed by atoms with E-state index in [2.05, 4.69) is 26.0 Å². The summed E-state index contributed by atoms with van der Waals surface area (Å²) in [5.41, 5.74) is 1.75. The first-order valence-corrected chi connectivity index (χ1v) is 5.38. The van der Waals surface area contributed by atoms with E-state index >= 15 is 0 Å². The normalized spacial score (nSPS) is 9.88. The number of nitrogens with zero attached hydrogens (tertiary/aromatic N) is 3. The van der Waals surface area contributed by atoms with Gasteiger partial charge in [0.25, 0.3) is 0 Å². The van der Waals surface area contributed by atoms with Gasteiger partial charge in [0, 0.05) is 23.2 Å². The Bertz CT molecular complexity index is 570. The maximum absolute atomic E-state index is 10.2. The average molecular weight is 278 g/mol. The van der Waals surface area contributed by atoms with E-state index in [0.29, 0.717) is 5.82 Å². The summed E-state index contributed by atoms with van der Waals surface area (Å²) in [5.74, 6) is 0.491. The highest BCUT2D eigenvalue weighted by molar-refractivity contribution is 9.10. The molecule has 0 saturated carbocycles. The van der Waals surface area contributed by atoms with Gasteiger partial charge in [0.15, 0.2) is 5.82 Å². The Balaban J connectivity index is 2.49. The third-order valence-electron chi connectivity index (χ3n) is 2.14. The van der Waals surface area contributed by atoms with Gasteiger partial charge in [0.2, 0.25) is 6.08 Å². The lowest BCUT2D eigenvalue weighted by Crippen LogP contribution is -1.89. The number of hydrogen-bond donors (Lipinski definition) is 0. The van der Waals surface area contributed by atoms with Gasteiger partial charge in [-0.05, 0) is 12.1 Å². The van der Waals surface area contributed by atoms with E-state index in [9.17, 15) is 4.79 Å². The molecule has 0 aliphatic heterocycles. The highest BCUT2D eigenvalue weighted by Gasteiger charge is 2.06. The Morgan fingerprint density at radius 2 is 2.25 bits per heavy atom. The molecule has 0 atom stereocenters. The molecule has 0 radical (unpaired) electrons. The number of isocyanates is 1. The van der Waals surface area contributed by atoms with E-state index in [1.54, 1.807) is 17.8 Å². The standard InChI is InChI=1S/C11H8BrN3O/c1-15-11(13-7-16)6-10(14-15)8-3-2-4-9(12)5-8/h2-6H,1H3. The summed E-state index contributed by atoms with van der Waals surface area (Å²) in [5, 5.41) is 4.26. The molecule has 2 rings (SSSR count). The molecule has 0 aliphatic rings. The highest BCUT2D eigenvalue weighted by Crippen LogP contribution is 2.24. The molecule has 16 heavy (non-hydrogen) atoms. The average Bonchev–Trinajstić information content (AvgIpc) is 2.61. The lowest BCUT2D eigenvalue weighted by molar-refractivity contribution is 0.564. The van der Waals surface area contributed by atoms with Gasteiger partial charge >= 0.3 is 0 Å². The fraction of sp³-hybridized carbons (Fsp3) is 0.0909. The van der Waals surface area contributed by atoms with E-state index in [1.807, 2.05) is 24.3 Å². The van der Waals surface area contributed by atoms with Crippen LogP contribution < -0.4 is 0 Å². The van der Waals surface area contributed by atoms with Crippen LogP contribution >= 0.6 is 15.9 Å². The van der Waals surface area contributed by atoms with Gasteiger partial charge in [-0.2, -0.15) is 5.10 Å². The molecule has 1 aromatic carbocycles. The molecule has 0 unspecified atom stereocenters. The number of hydrogen-bond acceptors (Lipinski definition) is 3. The van der Waals surface area contributed by atoms with Crippen LogP contribution in [-0.4, -0.2) is 15.9 Å². The molecule has 0 amide bonds. The molecule has 0 spiro atoms. The Morgan fingerprint density at radius 3 is 2.94 bits per heavy atom. The van der Waals surface area contributed by atoms with Crippen LogP contribution in [-0.2, 0) is 11.8 Å². The third-order valence-corrected chi connectivity index (χ3v) is 2.63. The highest BCUT2D eigenvalue weighted by atomic mass is 79.9. The molecule has 1 aromatic heterocycles. The van der Waals surface area contributed by atoms with Crippen LogP contribution in [0.4, 0.5) is 5.82 Å². The second-order valence-corrected chi connectivity index (χ2v) is 4.14. The second-order valence-electron chi connectivity index (χ2n) is 3.22. The lowest BCUT2D eigenvalue weighted by Gasteiger charge is -1.96. The summed E-state index contributed by atoms with van der Waals surface area (Å²) < 4.78 is 2.53. The quantitative estimate of drug-likeness (QED) is 0.626. The second kappa shape index (κ2) is 4.43. The number of carbonyl (C=O) groups excluding carboxylic acids is 1. The lowest BCUT2D eigenvalue weighted by atomic mass is 10.2. The minimum atomic E-state index is 0.491. The van der Waals surface area contributed by atoms with Gasteiger partial charge in [-0.15, -0.1) is 4.99 Å². The van der Waals surface area contributed by atoms with Crippen molar-refractivity contribution in [1.82, 2.24) is 9.78 Å². The maximum Gasteiger partial charge on any atom is 0.242 e. The Hall–Kier alpha value is -1.71. The van der Waals surface area contributed by atoms with E-state index in [1.165, 1.54) is 6.08 Å². The van der Waals surface area contributed by atoms with Crippen LogP contribution in [0.25, 0.3) is 11.3 Å². The van der Waals surface area contributed by atoms with Crippen molar-refractivity contribution in [3.8, 4) is 11.3 Å². The van der Waals surface area contributed by atoms with Gasteiger partial charge in [-0.3, -0.25) is 0 Å². The zero-order chi connectivity index (χ0) is 11.5. The Labute approximate surface area is 101 Å². The zero-order valence-electron chi connectivity index (χ0n) is 8.51. The van der Waals surface area contributed by atoms with Crippen LogP contribution in [0.5, 0.6) is 0 Å². The number of rotatable bonds is 2. The monoisotopic (exact) mass is 277 g/mol. The SMILES string of the molecule is Cn1nc(-c2cccc(Br)c2)cc1N=C=O. The minimum absolute atomic E-state index is 0.491. The number of aromatic nitrogens is 2. The molecular weight excluding hydrogens is 270 g/mol. The zero-order valence-corrected chi connectivity index (χ0v) is 10.1. The number of aryl methyl sites for hydroxylation is 1. The maximum atomic E-state index is 10.2. The molecule has 0 aliphatic carbocycles. The number of benzene rings is 1. The first kappa shape index (κ1) is 10.8. The van der Waals surface area contributed by atoms with Gasteiger partial charge in [0.05, 0.1) is 5.69 Å².